The molecule has 0 saturated carbocycles. The molecule has 1 rings (SSSR count). The number of nitrogens with two attached hydrogens (primary N) is 1. The van der Waals surface area contributed by atoms with Gasteiger partial charge in [0.25, 0.3) is 0 Å². The molecule has 0 aliphatic heterocycles. The molecule has 0 bridgehead atoms. The van der Waals surface area contributed by atoms with E-state index in [-0.39, 0.29) is 5.91 Å². The Balaban J connectivity index is 2.86. The number of hydrazine groups is 1. The number of nitrogens with zero attached hydrogens (tertiary/aromatic N) is 1. The van der Waals surface area contributed by atoms with Crippen LogP contribution in [-0.2, 0) is 17.8 Å². The van der Waals surface area contributed by atoms with Crippen molar-refractivity contribution in [1.82, 2.24) is 10.3 Å². The number of carbonyl (C=O) groups excluding carboxylic acids is 1. The summed E-state index contributed by atoms with van der Waals surface area (Å²) in [6, 6.07) is 8.55. The van der Waals surface area contributed by atoms with Crippen molar-refractivity contribution in [3.63, 3.8) is 0 Å². The van der Waals surface area contributed by atoms with Crippen LogP contribution in [0.5, 0.6) is 0 Å². The van der Waals surface area contributed by atoms with Gasteiger partial charge in [0.05, 0.1) is 6.42 Å². The highest BCUT2D eigenvalue weighted by Gasteiger charge is 2.14. The molecule has 3 N–H and O–H groups in total. The zero-order chi connectivity index (χ0) is 15.1. The first-order valence-electron chi connectivity index (χ1n) is 7.24. The van der Waals surface area contributed by atoms with E-state index in [1.54, 1.807) is 0 Å². The van der Waals surface area contributed by atoms with Crippen LogP contribution in [0.25, 0.3) is 0 Å². The molecule has 0 fully saturated rings. The molecule has 0 aromatic heterocycles. The Morgan fingerprint density at radius 3 is 2.30 bits per heavy atom. The van der Waals surface area contributed by atoms with Gasteiger partial charge in [-0.3, -0.25) is 15.1 Å². The molecule has 112 valence electrons. The molecule has 0 aliphatic rings. The van der Waals surface area contributed by atoms with Gasteiger partial charge in [-0.25, -0.2) is 5.84 Å². The van der Waals surface area contributed by atoms with Crippen LogP contribution in [0.1, 0.15) is 38.8 Å². The maximum absolute atomic E-state index is 11.5. The zero-order valence-electron chi connectivity index (χ0n) is 13.0. The van der Waals surface area contributed by atoms with E-state index in [0.29, 0.717) is 18.4 Å². The summed E-state index contributed by atoms with van der Waals surface area (Å²) in [4.78, 5) is 13.9. The maximum Gasteiger partial charge on any atom is 0.238 e. The van der Waals surface area contributed by atoms with Crippen molar-refractivity contribution in [2.24, 2.45) is 11.8 Å². The fourth-order valence-corrected chi connectivity index (χ4v) is 2.25. The third kappa shape index (κ3) is 5.31. The molecular formula is C16H27N3O. The Labute approximate surface area is 122 Å². The molecule has 1 aromatic rings. The zero-order valence-corrected chi connectivity index (χ0v) is 13.0. The molecule has 0 atom stereocenters. The Morgan fingerprint density at radius 2 is 1.80 bits per heavy atom. The standard InChI is InChI=1S/C16H27N3O/c1-12(2)10-19(13(3)4)11-15-8-6-5-7-14(15)9-16(20)18-17/h5-8,12-13H,9-11,17H2,1-4H3,(H,18,20). The Kier molecular flexibility index (Phi) is 6.68. The van der Waals surface area contributed by atoms with E-state index in [1.807, 2.05) is 18.2 Å². The predicted octanol–water partition coefficient (Wildman–Crippen LogP) is 2.09. The van der Waals surface area contributed by atoms with Gasteiger partial charge in [0.15, 0.2) is 0 Å². The van der Waals surface area contributed by atoms with E-state index in [1.165, 1.54) is 5.56 Å². The van der Waals surface area contributed by atoms with Gasteiger partial charge in [0.1, 0.15) is 0 Å². The van der Waals surface area contributed by atoms with Crippen molar-refractivity contribution >= 4 is 5.91 Å². The molecule has 0 aliphatic carbocycles. The number of carbonyl (C=O) groups is 1. The summed E-state index contributed by atoms with van der Waals surface area (Å²) in [6.07, 6.45) is 0.334. The quantitative estimate of drug-likeness (QED) is 0.456. The minimum absolute atomic E-state index is 0.155. The van der Waals surface area contributed by atoms with Gasteiger partial charge in [-0.2, -0.15) is 0 Å². The van der Waals surface area contributed by atoms with E-state index in [2.05, 4.69) is 44.1 Å². The Hall–Kier alpha value is -1.39. The van der Waals surface area contributed by atoms with Crippen molar-refractivity contribution in [2.75, 3.05) is 6.54 Å². The SMILES string of the molecule is CC(C)CN(Cc1ccccc1CC(=O)NN)C(C)C. The van der Waals surface area contributed by atoms with Gasteiger partial charge in [0, 0.05) is 19.1 Å². The minimum Gasteiger partial charge on any atom is -0.296 e. The van der Waals surface area contributed by atoms with E-state index in [4.69, 9.17) is 5.84 Å². The molecule has 0 radical (unpaired) electrons. The second-order valence-corrected chi connectivity index (χ2v) is 5.93. The van der Waals surface area contributed by atoms with Crippen LogP contribution in [0, 0.1) is 5.92 Å². The third-order valence-electron chi connectivity index (χ3n) is 3.33. The summed E-state index contributed by atoms with van der Waals surface area (Å²) < 4.78 is 0. The number of rotatable bonds is 7. The van der Waals surface area contributed by atoms with Crippen molar-refractivity contribution in [1.29, 1.82) is 0 Å². The number of nitrogens with one attached hydrogen (secondary N) is 1. The monoisotopic (exact) mass is 277 g/mol. The van der Waals surface area contributed by atoms with Crippen molar-refractivity contribution in [3.05, 3.63) is 35.4 Å². The summed E-state index contributed by atoms with van der Waals surface area (Å²) in [5, 5.41) is 0. The molecule has 0 saturated heterocycles. The lowest BCUT2D eigenvalue weighted by molar-refractivity contribution is -0.120. The fourth-order valence-electron chi connectivity index (χ4n) is 2.25. The van der Waals surface area contributed by atoms with Gasteiger partial charge in [-0.15, -0.1) is 0 Å². The lowest BCUT2D eigenvalue weighted by atomic mass is 10.0. The lowest BCUT2D eigenvalue weighted by Crippen LogP contribution is -2.35. The first-order chi connectivity index (χ1) is 9.43. The van der Waals surface area contributed by atoms with Crippen LogP contribution in [0.3, 0.4) is 0 Å². The van der Waals surface area contributed by atoms with Crippen LogP contribution in [-0.4, -0.2) is 23.4 Å². The second kappa shape index (κ2) is 8.02. The average molecular weight is 277 g/mol. The van der Waals surface area contributed by atoms with Crippen molar-refractivity contribution in [3.8, 4) is 0 Å². The molecule has 4 nitrogen and oxygen atoms in total. The first-order valence-corrected chi connectivity index (χ1v) is 7.24. The van der Waals surface area contributed by atoms with Gasteiger partial charge in [0.2, 0.25) is 5.91 Å². The third-order valence-corrected chi connectivity index (χ3v) is 3.33. The van der Waals surface area contributed by atoms with Crippen molar-refractivity contribution < 1.29 is 4.79 Å². The van der Waals surface area contributed by atoms with Crippen LogP contribution >= 0.6 is 0 Å². The van der Waals surface area contributed by atoms with Gasteiger partial charge in [-0.1, -0.05) is 38.1 Å². The topological polar surface area (TPSA) is 58.4 Å². The summed E-state index contributed by atoms with van der Waals surface area (Å²) in [6.45, 7) is 10.8. The van der Waals surface area contributed by atoms with Gasteiger partial charge in [-0.05, 0) is 30.9 Å². The molecule has 0 unspecified atom stereocenters. The highest BCUT2D eigenvalue weighted by atomic mass is 16.2. The van der Waals surface area contributed by atoms with Crippen LogP contribution in [0.15, 0.2) is 24.3 Å². The fraction of sp³-hybridized carbons (Fsp3) is 0.562. The van der Waals surface area contributed by atoms with E-state index in [0.717, 1.165) is 18.7 Å². The summed E-state index contributed by atoms with van der Waals surface area (Å²) in [5.74, 6) is 5.64. The molecule has 20 heavy (non-hydrogen) atoms. The lowest BCUT2D eigenvalue weighted by Gasteiger charge is -2.29. The van der Waals surface area contributed by atoms with Crippen LogP contribution in [0.2, 0.25) is 0 Å². The van der Waals surface area contributed by atoms with Crippen LogP contribution in [0.4, 0.5) is 0 Å². The molecule has 4 heteroatoms. The van der Waals surface area contributed by atoms with Crippen molar-refractivity contribution in [2.45, 2.75) is 46.7 Å². The molecular weight excluding hydrogens is 250 g/mol. The summed E-state index contributed by atoms with van der Waals surface area (Å²) >= 11 is 0. The Bertz CT molecular complexity index is 429. The number of benzene rings is 1. The van der Waals surface area contributed by atoms with Gasteiger partial charge >= 0.3 is 0 Å². The largest absolute Gasteiger partial charge is 0.296 e. The van der Waals surface area contributed by atoms with Crippen LogP contribution < -0.4 is 11.3 Å². The minimum atomic E-state index is -0.155. The van der Waals surface area contributed by atoms with E-state index < -0.39 is 0 Å². The highest BCUT2D eigenvalue weighted by molar-refractivity contribution is 5.78. The average Bonchev–Trinajstić information content (AvgIpc) is 2.39. The maximum atomic E-state index is 11.5. The summed E-state index contributed by atoms with van der Waals surface area (Å²) in [5.41, 5.74) is 4.44. The summed E-state index contributed by atoms with van der Waals surface area (Å²) in [7, 11) is 0. The molecule has 1 amide bonds. The number of hydrogen-bond donors (Lipinski definition) is 2. The highest BCUT2D eigenvalue weighted by Crippen LogP contribution is 2.15. The smallest absolute Gasteiger partial charge is 0.238 e. The second-order valence-electron chi connectivity index (χ2n) is 5.93. The Morgan fingerprint density at radius 1 is 1.20 bits per heavy atom. The van der Waals surface area contributed by atoms with E-state index in [9.17, 15) is 4.79 Å². The van der Waals surface area contributed by atoms with E-state index >= 15 is 0 Å². The first kappa shape index (κ1) is 16.7. The normalized spacial score (nSPS) is 11.4. The molecule has 0 heterocycles. The molecule has 0 spiro atoms. The number of hydrogen-bond acceptors (Lipinski definition) is 3. The molecule has 1 aromatic carbocycles. The predicted molar refractivity (Wildman–Crippen MR) is 82.9 cm³/mol. The van der Waals surface area contributed by atoms with Gasteiger partial charge < -0.3 is 0 Å². The number of amides is 1.